The van der Waals surface area contributed by atoms with E-state index in [1.54, 1.807) is 10.9 Å². The third-order valence-corrected chi connectivity index (χ3v) is 5.08. The van der Waals surface area contributed by atoms with E-state index in [4.69, 9.17) is 0 Å². The first kappa shape index (κ1) is 12.2. The number of nitrogens with zero attached hydrogens (tertiary/aromatic N) is 3. The van der Waals surface area contributed by atoms with E-state index < -0.39 is 0 Å². The first-order valence-electron chi connectivity index (χ1n) is 7.28. The summed E-state index contributed by atoms with van der Waals surface area (Å²) in [5.41, 5.74) is 0.870. The Morgan fingerprint density at radius 1 is 1.22 bits per heavy atom. The molecule has 2 saturated carbocycles. The summed E-state index contributed by atoms with van der Waals surface area (Å²) in [6.45, 7) is 0. The van der Waals surface area contributed by atoms with Crippen LogP contribution in [0.3, 0.4) is 0 Å². The first-order valence-corrected chi connectivity index (χ1v) is 7.28. The fourth-order valence-electron chi connectivity index (χ4n) is 4.00. The van der Waals surface area contributed by atoms with E-state index in [2.05, 4.69) is 10.3 Å². The zero-order valence-electron chi connectivity index (χ0n) is 11.1. The largest absolute Gasteiger partial charge is 0.386 e. The summed E-state index contributed by atoms with van der Waals surface area (Å²) in [6, 6.07) is 0. The van der Waals surface area contributed by atoms with Gasteiger partial charge in [-0.1, -0.05) is 30.9 Å². The van der Waals surface area contributed by atoms with Crippen molar-refractivity contribution >= 4 is 0 Å². The fraction of sp³-hybridized carbons (Fsp3) is 0.857. The first-order chi connectivity index (χ1) is 8.75. The van der Waals surface area contributed by atoms with Crippen LogP contribution < -0.4 is 0 Å². The number of hydrogen-bond acceptors (Lipinski definition) is 3. The molecule has 3 rings (SSSR count). The number of rotatable bonds is 2. The highest BCUT2D eigenvalue weighted by atomic mass is 16.3. The molecule has 0 spiro atoms. The SMILES string of the molecule is Cn1nncc1C(O)C1CCC2CCCCC2C1. The van der Waals surface area contributed by atoms with E-state index in [0.717, 1.165) is 24.0 Å². The number of hydrogen-bond donors (Lipinski definition) is 1. The molecule has 4 unspecified atom stereocenters. The molecule has 4 heteroatoms. The zero-order chi connectivity index (χ0) is 12.5. The predicted molar refractivity (Wildman–Crippen MR) is 68.8 cm³/mol. The van der Waals surface area contributed by atoms with Gasteiger partial charge in [0, 0.05) is 7.05 Å². The topological polar surface area (TPSA) is 50.9 Å². The van der Waals surface area contributed by atoms with Crippen molar-refractivity contribution in [1.82, 2.24) is 15.0 Å². The summed E-state index contributed by atoms with van der Waals surface area (Å²) in [5, 5.41) is 18.3. The summed E-state index contributed by atoms with van der Waals surface area (Å²) < 4.78 is 1.71. The average molecular weight is 249 g/mol. The van der Waals surface area contributed by atoms with Crippen molar-refractivity contribution in [3.8, 4) is 0 Å². The van der Waals surface area contributed by atoms with Crippen LogP contribution in [0.2, 0.25) is 0 Å². The van der Waals surface area contributed by atoms with Crippen LogP contribution in [0, 0.1) is 17.8 Å². The highest BCUT2D eigenvalue weighted by Crippen LogP contribution is 2.45. The van der Waals surface area contributed by atoms with Gasteiger partial charge in [0.2, 0.25) is 0 Å². The van der Waals surface area contributed by atoms with Gasteiger partial charge in [0.15, 0.2) is 0 Å². The van der Waals surface area contributed by atoms with Gasteiger partial charge < -0.3 is 5.11 Å². The maximum absolute atomic E-state index is 10.5. The molecule has 0 saturated heterocycles. The standard InChI is InChI=1S/C14H23N3O/c1-17-13(9-15-16-17)14(18)12-7-6-10-4-2-3-5-11(10)8-12/h9-12,14,18H,2-8H2,1H3. The number of fused-ring (bicyclic) bond motifs is 1. The van der Waals surface area contributed by atoms with Crippen molar-refractivity contribution < 1.29 is 5.11 Å². The molecular formula is C14H23N3O. The Morgan fingerprint density at radius 2 is 2.00 bits per heavy atom. The van der Waals surface area contributed by atoms with E-state index >= 15 is 0 Å². The fourth-order valence-corrected chi connectivity index (χ4v) is 4.00. The highest BCUT2D eigenvalue weighted by molar-refractivity contribution is 5.02. The minimum absolute atomic E-state index is 0.382. The maximum atomic E-state index is 10.5. The van der Waals surface area contributed by atoms with Gasteiger partial charge in [0.25, 0.3) is 0 Å². The third-order valence-electron chi connectivity index (χ3n) is 5.08. The Balaban J connectivity index is 1.68. The molecule has 1 aromatic rings. The maximum Gasteiger partial charge on any atom is 0.100 e. The quantitative estimate of drug-likeness (QED) is 0.876. The minimum atomic E-state index is -0.382. The van der Waals surface area contributed by atoms with Gasteiger partial charge in [0.05, 0.1) is 11.9 Å². The second-order valence-corrected chi connectivity index (χ2v) is 6.11. The molecule has 1 heterocycles. The van der Waals surface area contributed by atoms with Gasteiger partial charge in [-0.15, -0.1) is 5.10 Å². The molecule has 100 valence electrons. The number of aliphatic hydroxyl groups is 1. The van der Waals surface area contributed by atoms with Crippen LogP contribution in [0.25, 0.3) is 0 Å². The lowest BCUT2D eigenvalue weighted by atomic mass is 9.66. The van der Waals surface area contributed by atoms with Gasteiger partial charge >= 0.3 is 0 Å². The molecule has 4 nitrogen and oxygen atoms in total. The van der Waals surface area contributed by atoms with Crippen LogP contribution in [-0.4, -0.2) is 20.1 Å². The summed E-state index contributed by atoms with van der Waals surface area (Å²) in [5.74, 6) is 2.20. The molecule has 2 fully saturated rings. The average Bonchev–Trinajstić information content (AvgIpc) is 2.83. The number of aliphatic hydroxyl groups excluding tert-OH is 1. The highest BCUT2D eigenvalue weighted by Gasteiger charge is 2.36. The van der Waals surface area contributed by atoms with Gasteiger partial charge in [-0.05, 0) is 37.0 Å². The summed E-state index contributed by atoms with van der Waals surface area (Å²) in [4.78, 5) is 0. The van der Waals surface area contributed by atoms with Crippen molar-refractivity contribution in [2.75, 3.05) is 0 Å². The van der Waals surface area contributed by atoms with Gasteiger partial charge in [-0.2, -0.15) is 0 Å². The van der Waals surface area contributed by atoms with Crippen molar-refractivity contribution in [3.63, 3.8) is 0 Å². The second kappa shape index (κ2) is 5.00. The van der Waals surface area contributed by atoms with Crippen LogP contribution in [-0.2, 0) is 7.05 Å². The molecule has 1 N–H and O–H groups in total. The smallest absolute Gasteiger partial charge is 0.100 e. The van der Waals surface area contributed by atoms with Gasteiger partial charge in [0.1, 0.15) is 6.10 Å². The van der Waals surface area contributed by atoms with E-state index in [-0.39, 0.29) is 6.10 Å². The van der Waals surface area contributed by atoms with Gasteiger partial charge in [-0.3, -0.25) is 0 Å². The Morgan fingerprint density at radius 3 is 2.72 bits per heavy atom. The second-order valence-electron chi connectivity index (χ2n) is 6.11. The van der Waals surface area contributed by atoms with Crippen molar-refractivity contribution in [3.05, 3.63) is 11.9 Å². The Hall–Kier alpha value is -0.900. The Bertz CT molecular complexity index is 403. The van der Waals surface area contributed by atoms with Crippen molar-refractivity contribution in [1.29, 1.82) is 0 Å². The van der Waals surface area contributed by atoms with E-state index in [1.807, 2.05) is 7.05 Å². The summed E-state index contributed by atoms with van der Waals surface area (Å²) in [7, 11) is 1.86. The molecule has 0 aliphatic heterocycles. The predicted octanol–water partition coefficient (Wildman–Crippen LogP) is 2.46. The van der Waals surface area contributed by atoms with Crippen molar-refractivity contribution in [2.24, 2.45) is 24.8 Å². The van der Waals surface area contributed by atoms with Crippen LogP contribution in [0.15, 0.2) is 6.20 Å². The van der Waals surface area contributed by atoms with E-state index in [9.17, 15) is 5.11 Å². The molecular weight excluding hydrogens is 226 g/mol. The Labute approximate surface area is 108 Å². The van der Waals surface area contributed by atoms with Gasteiger partial charge in [-0.25, -0.2) is 4.68 Å². The lowest BCUT2D eigenvalue weighted by Gasteiger charge is -2.40. The third kappa shape index (κ3) is 2.18. The van der Waals surface area contributed by atoms with E-state index in [0.29, 0.717) is 5.92 Å². The minimum Gasteiger partial charge on any atom is -0.386 e. The molecule has 4 atom stereocenters. The lowest BCUT2D eigenvalue weighted by molar-refractivity contribution is 0.0305. The number of aryl methyl sites for hydroxylation is 1. The lowest BCUT2D eigenvalue weighted by Crippen LogP contribution is -2.30. The molecule has 0 radical (unpaired) electrons. The molecule has 1 aromatic heterocycles. The molecule has 0 amide bonds. The Kier molecular flexibility index (Phi) is 3.37. The van der Waals surface area contributed by atoms with E-state index in [1.165, 1.54) is 38.5 Å². The molecule has 2 aliphatic rings. The summed E-state index contributed by atoms with van der Waals surface area (Å²) in [6.07, 6.45) is 10.6. The molecule has 18 heavy (non-hydrogen) atoms. The monoisotopic (exact) mass is 249 g/mol. The van der Waals surface area contributed by atoms with Crippen molar-refractivity contribution in [2.45, 2.75) is 51.0 Å². The summed E-state index contributed by atoms with van der Waals surface area (Å²) >= 11 is 0. The van der Waals surface area contributed by atoms with Crippen LogP contribution in [0.4, 0.5) is 0 Å². The molecule has 0 aromatic carbocycles. The van der Waals surface area contributed by atoms with Crippen LogP contribution in [0.5, 0.6) is 0 Å². The number of aromatic nitrogens is 3. The van der Waals surface area contributed by atoms with Crippen LogP contribution in [0.1, 0.15) is 56.7 Å². The zero-order valence-corrected chi connectivity index (χ0v) is 11.1. The molecule has 2 aliphatic carbocycles. The normalized spacial score (nSPS) is 34.0. The van der Waals surface area contributed by atoms with Crippen LogP contribution >= 0.6 is 0 Å². The molecule has 0 bridgehead atoms.